The lowest BCUT2D eigenvalue weighted by molar-refractivity contribution is -0.116. The predicted octanol–water partition coefficient (Wildman–Crippen LogP) is 4.30. The fraction of sp³-hybridized carbons (Fsp3) is 0.269. The van der Waals surface area contributed by atoms with Gasteiger partial charge in [0.25, 0.3) is 10.0 Å². The van der Waals surface area contributed by atoms with Gasteiger partial charge in [0.1, 0.15) is 11.8 Å². The van der Waals surface area contributed by atoms with Gasteiger partial charge in [-0.2, -0.15) is 0 Å². The summed E-state index contributed by atoms with van der Waals surface area (Å²) in [5.41, 5.74) is 2.70. The molecule has 3 aromatic rings. The molecule has 3 aromatic carbocycles. The number of benzene rings is 3. The summed E-state index contributed by atoms with van der Waals surface area (Å²) < 4.78 is 59.7. The molecule has 0 radical (unpaired) electrons. The van der Waals surface area contributed by atoms with Crippen LogP contribution >= 0.6 is 0 Å². The third-order valence-electron chi connectivity index (χ3n) is 5.54. The lowest BCUT2D eigenvalue weighted by Crippen LogP contribution is -2.45. The lowest BCUT2D eigenvalue weighted by Gasteiger charge is -2.29. The van der Waals surface area contributed by atoms with Crippen LogP contribution in [0.5, 0.6) is 5.75 Å². The van der Waals surface area contributed by atoms with Crippen LogP contribution in [-0.2, 0) is 24.8 Å². The molecule has 0 bridgehead atoms. The number of anilines is 3. The Morgan fingerprint density at radius 2 is 1.51 bits per heavy atom. The largest absolute Gasteiger partial charge is 0.494 e. The van der Waals surface area contributed by atoms with E-state index >= 15 is 0 Å². The minimum atomic E-state index is -3.87. The molecule has 0 aliphatic heterocycles. The number of carbonyl (C=O) groups excluding carboxylic acids is 1. The number of aryl methyl sites for hydroxylation is 2. The molecule has 11 heteroatoms. The number of hydrogen-bond acceptors (Lipinski definition) is 6. The normalized spacial score (nSPS) is 12.5. The van der Waals surface area contributed by atoms with Gasteiger partial charge < -0.3 is 10.1 Å². The van der Waals surface area contributed by atoms with Crippen molar-refractivity contribution in [1.82, 2.24) is 0 Å². The average Bonchev–Trinajstić information content (AvgIpc) is 2.82. The number of sulfonamides is 2. The van der Waals surface area contributed by atoms with Crippen LogP contribution in [0.4, 0.5) is 17.1 Å². The molecule has 0 saturated carbocycles. The highest BCUT2D eigenvalue weighted by atomic mass is 32.2. The summed E-state index contributed by atoms with van der Waals surface area (Å²) in [6.07, 6.45) is 1.05. The molecule has 9 nitrogen and oxygen atoms in total. The van der Waals surface area contributed by atoms with Gasteiger partial charge in [0.15, 0.2) is 0 Å². The van der Waals surface area contributed by atoms with Crippen molar-refractivity contribution in [2.24, 2.45) is 0 Å². The lowest BCUT2D eigenvalue weighted by atomic mass is 10.1. The van der Waals surface area contributed by atoms with Crippen LogP contribution in [-0.4, -0.2) is 41.6 Å². The van der Waals surface area contributed by atoms with E-state index < -0.39 is 32.0 Å². The van der Waals surface area contributed by atoms with E-state index in [4.69, 9.17) is 4.74 Å². The summed E-state index contributed by atoms with van der Waals surface area (Å²) in [6.45, 7) is 7.48. The summed E-state index contributed by atoms with van der Waals surface area (Å²) in [4.78, 5) is 13.0. The van der Waals surface area contributed by atoms with E-state index in [2.05, 4.69) is 10.0 Å². The van der Waals surface area contributed by atoms with Crippen LogP contribution in [0.15, 0.2) is 71.6 Å². The number of ether oxygens (including phenoxy) is 1. The molecule has 2 N–H and O–H groups in total. The number of carbonyl (C=O) groups is 1. The molecule has 0 aliphatic carbocycles. The fourth-order valence-corrected chi connectivity index (χ4v) is 5.98. The molecule has 0 fully saturated rings. The summed E-state index contributed by atoms with van der Waals surface area (Å²) in [7, 11) is -7.65. The van der Waals surface area contributed by atoms with E-state index in [9.17, 15) is 21.6 Å². The molecule has 0 aromatic heterocycles. The first-order valence-electron chi connectivity index (χ1n) is 11.5. The highest BCUT2D eigenvalue weighted by Gasteiger charge is 2.30. The molecule has 1 atom stereocenters. The van der Waals surface area contributed by atoms with E-state index in [1.165, 1.54) is 31.2 Å². The van der Waals surface area contributed by atoms with Crippen molar-refractivity contribution < 1.29 is 26.4 Å². The van der Waals surface area contributed by atoms with E-state index in [1.807, 2.05) is 19.9 Å². The molecule has 0 spiro atoms. The van der Waals surface area contributed by atoms with Crippen molar-refractivity contribution in [2.75, 3.05) is 27.2 Å². The van der Waals surface area contributed by atoms with Crippen molar-refractivity contribution >= 4 is 43.0 Å². The van der Waals surface area contributed by atoms with Crippen LogP contribution < -0.4 is 19.1 Å². The molecular weight excluding hydrogens is 514 g/mol. The molecule has 0 unspecified atom stereocenters. The van der Waals surface area contributed by atoms with E-state index in [0.717, 1.165) is 16.1 Å². The van der Waals surface area contributed by atoms with Gasteiger partial charge >= 0.3 is 0 Å². The van der Waals surface area contributed by atoms with Crippen molar-refractivity contribution in [3.05, 3.63) is 77.9 Å². The summed E-state index contributed by atoms with van der Waals surface area (Å²) in [5.74, 6) is 0.0706. The molecule has 0 heterocycles. The monoisotopic (exact) mass is 545 g/mol. The van der Waals surface area contributed by atoms with Gasteiger partial charge in [-0.15, -0.1) is 0 Å². The first kappa shape index (κ1) is 28.0. The minimum Gasteiger partial charge on any atom is -0.494 e. The predicted molar refractivity (Wildman–Crippen MR) is 146 cm³/mol. The topological polar surface area (TPSA) is 122 Å². The van der Waals surface area contributed by atoms with Crippen molar-refractivity contribution in [2.45, 2.75) is 38.6 Å². The minimum absolute atomic E-state index is 0.000537. The first-order valence-corrected chi connectivity index (χ1v) is 14.9. The summed E-state index contributed by atoms with van der Waals surface area (Å²) in [6, 6.07) is 16.5. The highest BCUT2D eigenvalue weighted by molar-refractivity contribution is 7.92. The standard InChI is InChI=1S/C26H31N3O6S2/c1-6-35-23-13-9-22(10-14-23)28-37(33,34)24-15-11-21(12-16-24)27-26(30)20(4)29(36(5,31)32)25-17-18(2)7-8-19(25)3/h7-17,20,28H,6H2,1-5H3,(H,27,30)/t20-/m1/s1. The number of hydrogen-bond donors (Lipinski definition) is 2. The SMILES string of the molecule is CCOc1ccc(NS(=O)(=O)c2ccc(NC(=O)[C@@H](C)N(c3cc(C)ccc3C)S(C)(=O)=O)cc2)cc1. The van der Waals surface area contributed by atoms with Gasteiger partial charge in [-0.3, -0.25) is 13.8 Å². The van der Waals surface area contributed by atoms with Crippen molar-refractivity contribution in [3.63, 3.8) is 0 Å². The molecule has 37 heavy (non-hydrogen) atoms. The van der Waals surface area contributed by atoms with Gasteiger partial charge in [-0.1, -0.05) is 12.1 Å². The zero-order valence-corrected chi connectivity index (χ0v) is 23.0. The maximum atomic E-state index is 13.0. The molecule has 0 saturated heterocycles. The van der Waals surface area contributed by atoms with Gasteiger partial charge in [0.05, 0.1) is 23.4 Å². The zero-order valence-electron chi connectivity index (χ0n) is 21.3. The number of nitrogens with one attached hydrogen (secondary N) is 2. The number of nitrogens with zero attached hydrogens (tertiary/aromatic N) is 1. The van der Waals surface area contributed by atoms with Gasteiger partial charge in [-0.25, -0.2) is 16.8 Å². The Balaban J connectivity index is 1.75. The van der Waals surface area contributed by atoms with E-state index in [-0.39, 0.29) is 4.90 Å². The van der Waals surface area contributed by atoms with E-state index in [0.29, 0.717) is 35.0 Å². The van der Waals surface area contributed by atoms with Crippen molar-refractivity contribution in [1.29, 1.82) is 0 Å². The van der Waals surface area contributed by atoms with Crippen molar-refractivity contribution in [3.8, 4) is 5.75 Å². The fourth-order valence-electron chi connectivity index (χ4n) is 3.70. The first-order chi connectivity index (χ1) is 17.3. The Bertz CT molecular complexity index is 1470. The van der Waals surface area contributed by atoms with Gasteiger partial charge in [-0.05, 0) is 93.4 Å². The maximum Gasteiger partial charge on any atom is 0.261 e. The Morgan fingerprint density at radius 3 is 2.08 bits per heavy atom. The van der Waals surface area contributed by atoms with E-state index in [1.54, 1.807) is 43.3 Å². The second kappa shape index (κ2) is 11.2. The van der Waals surface area contributed by atoms with Crippen LogP contribution in [0, 0.1) is 13.8 Å². The van der Waals surface area contributed by atoms with Gasteiger partial charge in [0, 0.05) is 11.4 Å². The molecule has 198 valence electrons. The van der Waals surface area contributed by atoms with Gasteiger partial charge in [0.2, 0.25) is 15.9 Å². The van der Waals surface area contributed by atoms with Crippen LogP contribution in [0.25, 0.3) is 0 Å². The highest BCUT2D eigenvalue weighted by Crippen LogP contribution is 2.27. The number of amides is 1. The second-order valence-corrected chi connectivity index (χ2v) is 12.1. The number of rotatable bonds is 10. The molecule has 3 rings (SSSR count). The smallest absolute Gasteiger partial charge is 0.261 e. The Hall–Kier alpha value is -3.57. The Labute approximate surface area is 218 Å². The maximum absolute atomic E-state index is 13.0. The Morgan fingerprint density at radius 1 is 0.919 bits per heavy atom. The summed E-state index contributed by atoms with van der Waals surface area (Å²) >= 11 is 0. The zero-order chi connectivity index (χ0) is 27.4. The average molecular weight is 546 g/mol. The molecular formula is C26H31N3O6S2. The van der Waals surface area contributed by atoms with Crippen LogP contribution in [0.2, 0.25) is 0 Å². The van der Waals surface area contributed by atoms with Crippen LogP contribution in [0.3, 0.4) is 0 Å². The summed E-state index contributed by atoms with van der Waals surface area (Å²) in [5, 5.41) is 2.67. The third-order valence-corrected chi connectivity index (χ3v) is 8.16. The third kappa shape index (κ3) is 7.01. The molecule has 1 amide bonds. The second-order valence-electron chi connectivity index (χ2n) is 8.60. The van der Waals surface area contributed by atoms with Crippen LogP contribution in [0.1, 0.15) is 25.0 Å². The molecule has 0 aliphatic rings. The Kier molecular flexibility index (Phi) is 8.49. The quantitative estimate of drug-likeness (QED) is 0.392.